The van der Waals surface area contributed by atoms with Crippen molar-refractivity contribution >= 4 is 53.2 Å². The van der Waals surface area contributed by atoms with Crippen LogP contribution in [0, 0.1) is 17.8 Å². The van der Waals surface area contributed by atoms with Crippen LogP contribution in [0.2, 0.25) is 0 Å². The van der Waals surface area contributed by atoms with Crippen LogP contribution in [0.15, 0.2) is 24.3 Å². The number of benzene rings is 1. The zero-order chi connectivity index (χ0) is 47.9. The van der Waals surface area contributed by atoms with E-state index in [1.807, 2.05) is 0 Å². The van der Waals surface area contributed by atoms with E-state index in [0.717, 1.165) is 6.92 Å². The van der Waals surface area contributed by atoms with Crippen molar-refractivity contribution in [1.82, 2.24) is 36.8 Å². The largest absolute Gasteiger partial charge is 0.508 e. The lowest BCUT2D eigenvalue weighted by molar-refractivity contribution is -0.142. The Labute approximate surface area is 366 Å². The Hall–Kier alpha value is -5.87. The Morgan fingerprint density at radius 3 is 1.71 bits per heavy atom. The molecule has 1 aliphatic heterocycles. The number of aliphatic hydroxyl groups is 2. The maximum atomic E-state index is 13.9. The number of nitrogens with zero attached hydrogens (tertiary/aromatic N) is 1. The number of aromatic hydroxyl groups is 1. The van der Waals surface area contributed by atoms with E-state index in [0.29, 0.717) is 18.4 Å². The van der Waals surface area contributed by atoms with E-state index in [2.05, 4.69) is 31.9 Å². The molecule has 2 rings (SSSR count). The lowest BCUT2D eigenvalue weighted by atomic mass is 9.97. The van der Waals surface area contributed by atoms with Crippen LogP contribution in [-0.4, -0.2) is 146 Å². The van der Waals surface area contributed by atoms with Crippen molar-refractivity contribution < 1.29 is 63.6 Å². The molecule has 8 amide bonds. The zero-order valence-corrected chi connectivity index (χ0v) is 36.8. The molecule has 1 aromatic rings. The summed E-state index contributed by atoms with van der Waals surface area (Å²) in [6.07, 6.45) is -1.84. The van der Waals surface area contributed by atoms with E-state index in [4.69, 9.17) is 11.5 Å². The summed E-state index contributed by atoms with van der Waals surface area (Å²) < 4.78 is 0. The summed E-state index contributed by atoms with van der Waals surface area (Å²) in [5.41, 5.74) is 11.5. The third-order valence-electron chi connectivity index (χ3n) is 10.3. The second kappa shape index (κ2) is 24.7. The minimum atomic E-state index is -1.78. The van der Waals surface area contributed by atoms with Crippen LogP contribution in [0.25, 0.3) is 0 Å². The summed E-state index contributed by atoms with van der Waals surface area (Å²) in [4.78, 5) is 120. The lowest BCUT2D eigenvalue weighted by Crippen LogP contribution is -2.62. The molecule has 352 valence electrons. The number of rotatable bonds is 24. The number of hydrogen-bond acceptors (Lipinski definition) is 13. The number of likely N-dealkylation sites (tertiary alicyclic amines) is 1. The number of primary amides is 1. The van der Waals surface area contributed by atoms with Crippen LogP contribution in [0.5, 0.6) is 5.75 Å². The Morgan fingerprint density at radius 1 is 0.714 bits per heavy atom. The Kier molecular flexibility index (Phi) is 20.9. The van der Waals surface area contributed by atoms with Crippen molar-refractivity contribution in [3.8, 4) is 5.75 Å². The molecule has 0 bridgehead atoms. The molecule has 1 fully saturated rings. The number of carboxylic acids is 1. The Bertz CT molecular complexity index is 1790. The van der Waals surface area contributed by atoms with E-state index in [1.54, 1.807) is 41.5 Å². The van der Waals surface area contributed by atoms with Crippen molar-refractivity contribution in [2.24, 2.45) is 29.2 Å². The van der Waals surface area contributed by atoms with Gasteiger partial charge in [0.1, 0.15) is 54.1 Å². The molecule has 1 aromatic carbocycles. The van der Waals surface area contributed by atoms with Gasteiger partial charge in [-0.05, 0) is 61.6 Å². The van der Waals surface area contributed by atoms with Crippen LogP contribution in [0.4, 0.5) is 0 Å². The molecule has 0 aromatic heterocycles. The summed E-state index contributed by atoms with van der Waals surface area (Å²) in [7, 11) is 0. The van der Waals surface area contributed by atoms with E-state index in [-0.39, 0.29) is 31.1 Å². The minimum absolute atomic E-state index is 0.00994. The monoisotopic (exact) mass is 891 g/mol. The van der Waals surface area contributed by atoms with Gasteiger partial charge in [-0.1, -0.05) is 53.7 Å². The number of nitrogens with one attached hydrogen (secondary N) is 6. The summed E-state index contributed by atoms with van der Waals surface area (Å²) in [6.45, 7) is 10.9. The van der Waals surface area contributed by atoms with Gasteiger partial charge < -0.3 is 68.7 Å². The Balaban J connectivity index is 2.25. The van der Waals surface area contributed by atoms with Crippen molar-refractivity contribution in [2.75, 3.05) is 13.2 Å². The highest BCUT2D eigenvalue weighted by molar-refractivity contribution is 5.98. The molecular weight excluding hydrogens is 827 g/mol. The smallest absolute Gasteiger partial charge is 0.326 e. The van der Waals surface area contributed by atoms with Crippen LogP contribution >= 0.6 is 0 Å². The van der Waals surface area contributed by atoms with Gasteiger partial charge in [0.2, 0.25) is 47.3 Å². The quantitative estimate of drug-likeness (QED) is 0.0488. The zero-order valence-electron chi connectivity index (χ0n) is 36.8. The normalized spacial score (nSPS) is 17.6. The summed E-state index contributed by atoms with van der Waals surface area (Å²) in [6, 6.07) is -5.48. The number of phenolic OH excluding ortho intramolecular Hbond substituents is 1. The number of aliphatic carboxylic acids is 1. The van der Waals surface area contributed by atoms with Crippen LogP contribution in [-0.2, 0) is 49.6 Å². The predicted octanol–water partition coefficient (Wildman–Crippen LogP) is -3.15. The number of aliphatic hydroxyl groups excluding tert-OH is 2. The van der Waals surface area contributed by atoms with Crippen LogP contribution in [0.3, 0.4) is 0 Å². The maximum absolute atomic E-state index is 13.9. The van der Waals surface area contributed by atoms with Gasteiger partial charge in [0.15, 0.2) is 0 Å². The molecule has 9 atom stereocenters. The van der Waals surface area contributed by atoms with Crippen LogP contribution < -0.4 is 43.4 Å². The highest BCUT2D eigenvalue weighted by Crippen LogP contribution is 2.20. The first-order chi connectivity index (χ1) is 29.4. The molecule has 0 saturated carbocycles. The van der Waals surface area contributed by atoms with E-state index in [9.17, 15) is 63.6 Å². The first-order valence-electron chi connectivity index (χ1n) is 20.8. The van der Waals surface area contributed by atoms with Gasteiger partial charge in [-0.25, -0.2) is 4.79 Å². The average Bonchev–Trinajstić information content (AvgIpc) is 3.69. The number of amides is 8. The number of carbonyl (C=O) groups excluding carboxylic acids is 8. The van der Waals surface area contributed by atoms with Crippen molar-refractivity contribution in [3.05, 3.63) is 29.8 Å². The lowest BCUT2D eigenvalue weighted by Gasteiger charge is -2.31. The third kappa shape index (κ3) is 16.4. The first-order valence-corrected chi connectivity index (χ1v) is 20.8. The van der Waals surface area contributed by atoms with Crippen molar-refractivity contribution in [2.45, 2.75) is 135 Å². The number of carbonyl (C=O) groups is 9. The fraction of sp³-hybridized carbons (Fsp3) is 0.634. The molecule has 0 radical (unpaired) electrons. The summed E-state index contributed by atoms with van der Waals surface area (Å²) in [5, 5.41) is 54.1. The molecule has 14 N–H and O–H groups in total. The SMILES string of the molecule is CC(C)CC(NC(=O)C(NC(=O)C(NC(=O)C1CCCN1C(=O)C(N)CO)C(C)C)C(C)C)C(=O)NC(C(=O)NC(CC(N)=O)C(=O)NC(Cc1ccc(O)cc1)C(=O)O)C(C)O. The minimum Gasteiger partial charge on any atom is -0.508 e. The molecular formula is C41H65N9O13. The van der Waals surface area contributed by atoms with Crippen LogP contribution in [0.1, 0.15) is 79.7 Å². The fourth-order valence-corrected chi connectivity index (χ4v) is 6.79. The van der Waals surface area contributed by atoms with Gasteiger partial charge in [0.25, 0.3) is 0 Å². The average molecular weight is 892 g/mol. The molecule has 1 heterocycles. The Morgan fingerprint density at radius 2 is 1.21 bits per heavy atom. The maximum Gasteiger partial charge on any atom is 0.326 e. The number of carboxylic acid groups (broad SMARTS) is 1. The fourth-order valence-electron chi connectivity index (χ4n) is 6.79. The van der Waals surface area contributed by atoms with E-state index >= 15 is 0 Å². The molecule has 0 spiro atoms. The highest BCUT2D eigenvalue weighted by Gasteiger charge is 2.40. The summed E-state index contributed by atoms with van der Waals surface area (Å²) >= 11 is 0. The van der Waals surface area contributed by atoms with Crippen molar-refractivity contribution in [3.63, 3.8) is 0 Å². The van der Waals surface area contributed by atoms with Gasteiger partial charge >= 0.3 is 5.97 Å². The van der Waals surface area contributed by atoms with Gasteiger partial charge in [-0.2, -0.15) is 0 Å². The molecule has 63 heavy (non-hydrogen) atoms. The number of hydrogen-bond donors (Lipinski definition) is 12. The van der Waals surface area contributed by atoms with Crippen molar-refractivity contribution in [1.29, 1.82) is 0 Å². The topological polar surface area (TPSA) is 362 Å². The van der Waals surface area contributed by atoms with Gasteiger partial charge in [-0.15, -0.1) is 0 Å². The molecule has 1 aliphatic rings. The molecule has 22 heteroatoms. The van der Waals surface area contributed by atoms with E-state index in [1.165, 1.54) is 29.2 Å². The van der Waals surface area contributed by atoms with E-state index < -0.39 is 133 Å². The highest BCUT2D eigenvalue weighted by atomic mass is 16.4. The molecule has 0 aliphatic carbocycles. The number of nitrogens with two attached hydrogens (primary N) is 2. The first kappa shape index (κ1) is 53.3. The third-order valence-corrected chi connectivity index (χ3v) is 10.3. The van der Waals surface area contributed by atoms with Gasteiger partial charge in [0, 0.05) is 13.0 Å². The molecule has 9 unspecified atom stereocenters. The van der Waals surface area contributed by atoms with Gasteiger partial charge in [-0.3, -0.25) is 38.4 Å². The molecule has 1 saturated heterocycles. The number of phenols is 1. The predicted molar refractivity (Wildman–Crippen MR) is 225 cm³/mol. The second-order valence-electron chi connectivity index (χ2n) is 16.9. The summed E-state index contributed by atoms with van der Waals surface area (Å²) in [5.74, 6) is -9.82. The second-order valence-corrected chi connectivity index (χ2v) is 16.9. The standard InChI is InChI=1S/C41H65N9O13/c1-19(2)15-26(44-37(58)31(20(3)4)48-38(59)32(21(5)6)47-36(57)29-9-8-14-50(29)40(61)25(42)18-51)35(56)49-33(22(7)52)39(60)45-27(17-30(43)54)34(55)46-28(41(62)63)16-23-10-12-24(53)13-11-23/h10-13,19-22,25-29,31-33,51-53H,8-9,14-18,42H2,1-7H3,(H2,43,54)(H,44,58)(H,45,60)(H,46,55)(H,47,57)(H,48,59)(H,49,56)(H,62,63). The molecule has 22 nitrogen and oxygen atoms in total. The van der Waals surface area contributed by atoms with Gasteiger partial charge in [0.05, 0.1) is 19.1 Å².